The Balaban J connectivity index is 2.32. The van der Waals surface area contributed by atoms with E-state index in [1.54, 1.807) is 0 Å². The summed E-state index contributed by atoms with van der Waals surface area (Å²) in [5.41, 5.74) is 0. The number of sulfonamides is 2. The highest BCUT2D eigenvalue weighted by molar-refractivity contribution is 7.88. The van der Waals surface area contributed by atoms with Gasteiger partial charge in [-0.3, -0.25) is 0 Å². The van der Waals surface area contributed by atoms with Crippen LogP contribution < -0.4 is 0 Å². The standard InChI is InChI=1S/C8H16N2O6S2/c1-17(11,12)9-3-4-10(18(2,13)14)8-7(9)15-5-6-16-8/h7-8H,3-6H2,1-2H3/t7-,8-/m1/s1. The maximum Gasteiger partial charge on any atom is 0.213 e. The molecule has 0 spiro atoms. The fourth-order valence-corrected chi connectivity index (χ4v) is 4.03. The summed E-state index contributed by atoms with van der Waals surface area (Å²) in [5.74, 6) is 0. The molecule has 0 unspecified atom stereocenters. The largest absolute Gasteiger partial charge is 0.355 e. The summed E-state index contributed by atoms with van der Waals surface area (Å²) >= 11 is 0. The third-order valence-corrected chi connectivity index (χ3v) is 5.35. The van der Waals surface area contributed by atoms with Gasteiger partial charge in [-0.05, 0) is 0 Å². The van der Waals surface area contributed by atoms with Crippen molar-refractivity contribution in [2.24, 2.45) is 0 Å². The van der Waals surface area contributed by atoms with E-state index in [0.717, 1.165) is 21.1 Å². The minimum atomic E-state index is -3.46. The molecule has 0 aromatic rings. The fourth-order valence-electron chi connectivity index (χ4n) is 2.11. The van der Waals surface area contributed by atoms with Crippen molar-refractivity contribution in [2.75, 3.05) is 38.8 Å². The summed E-state index contributed by atoms with van der Waals surface area (Å²) in [5, 5.41) is 0. The van der Waals surface area contributed by atoms with Crippen molar-refractivity contribution in [1.82, 2.24) is 8.61 Å². The molecule has 2 aliphatic rings. The third-order valence-electron chi connectivity index (χ3n) is 2.86. The zero-order chi connectivity index (χ0) is 13.6. The second-order valence-electron chi connectivity index (χ2n) is 4.27. The lowest BCUT2D eigenvalue weighted by molar-refractivity contribution is -0.224. The zero-order valence-electron chi connectivity index (χ0n) is 10.1. The predicted octanol–water partition coefficient (Wildman–Crippen LogP) is -1.78. The van der Waals surface area contributed by atoms with Crippen LogP contribution in [0.3, 0.4) is 0 Å². The van der Waals surface area contributed by atoms with Gasteiger partial charge in [0.15, 0.2) is 12.5 Å². The molecule has 8 nitrogen and oxygen atoms in total. The number of piperazine rings is 1. The normalized spacial score (nSPS) is 32.1. The number of nitrogens with zero attached hydrogens (tertiary/aromatic N) is 2. The minimum absolute atomic E-state index is 0.0659. The van der Waals surface area contributed by atoms with Gasteiger partial charge in [0.05, 0.1) is 25.7 Å². The van der Waals surface area contributed by atoms with Gasteiger partial charge in [0.1, 0.15) is 0 Å². The topological polar surface area (TPSA) is 93.2 Å². The first kappa shape index (κ1) is 14.2. The predicted molar refractivity (Wildman–Crippen MR) is 62.6 cm³/mol. The van der Waals surface area contributed by atoms with Gasteiger partial charge in [0.25, 0.3) is 0 Å². The number of hydrogen-bond donors (Lipinski definition) is 0. The van der Waals surface area contributed by atoms with Crippen LogP contribution in [0.4, 0.5) is 0 Å². The molecule has 18 heavy (non-hydrogen) atoms. The van der Waals surface area contributed by atoms with E-state index in [-0.39, 0.29) is 26.3 Å². The molecule has 2 atom stereocenters. The quantitative estimate of drug-likeness (QED) is 0.599. The van der Waals surface area contributed by atoms with Gasteiger partial charge in [-0.1, -0.05) is 0 Å². The Morgan fingerprint density at radius 3 is 1.44 bits per heavy atom. The molecule has 2 aliphatic heterocycles. The zero-order valence-corrected chi connectivity index (χ0v) is 11.8. The Bertz CT molecular complexity index is 468. The van der Waals surface area contributed by atoms with Gasteiger partial charge in [0.2, 0.25) is 20.0 Å². The molecule has 2 saturated heterocycles. The summed E-state index contributed by atoms with van der Waals surface area (Å²) < 4.78 is 59.5. The van der Waals surface area contributed by atoms with Gasteiger partial charge in [0, 0.05) is 13.1 Å². The van der Waals surface area contributed by atoms with Crippen LogP contribution in [0.1, 0.15) is 0 Å². The highest BCUT2D eigenvalue weighted by Gasteiger charge is 2.46. The fraction of sp³-hybridized carbons (Fsp3) is 1.00. The van der Waals surface area contributed by atoms with Crippen molar-refractivity contribution in [2.45, 2.75) is 12.5 Å². The maximum absolute atomic E-state index is 11.6. The van der Waals surface area contributed by atoms with Crippen LogP contribution in [0.2, 0.25) is 0 Å². The molecule has 0 N–H and O–H groups in total. The van der Waals surface area contributed by atoms with Crippen molar-refractivity contribution in [3.8, 4) is 0 Å². The molecule has 0 aromatic carbocycles. The number of fused-ring (bicyclic) bond motifs is 1. The minimum Gasteiger partial charge on any atom is -0.355 e. The summed E-state index contributed by atoms with van der Waals surface area (Å²) in [6.45, 7) is 0.614. The Morgan fingerprint density at radius 2 is 1.17 bits per heavy atom. The first-order valence-corrected chi connectivity index (χ1v) is 9.08. The Hall–Kier alpha value is -0.260. The van der Waals surface area contributed by atoms with Gasteiger partial charge in [-0.2, -0.15) is 8.61 Å². The number of hydrogen-bond acceptors (Lipinski definition) is 6. The molecular weight excluding hydrogens is 284 g/mol. The van der Waals surface area contributed by atoms with E-state index in [0.29, 0.717) is 0 Å². The van der Waals surface area contributed by atoms with Gasteiger partial charge in [-0.15, -0.1) is 0 Å². The van der Waals surface area contributed by atoms with E-state index in [9.17, 15) is 16.8 Å². The Morgan fingerprint density at radius 1 is 0.833 bits per heavy atom. The molecular formula is C8H16N2O6S2. The Kier molecular flexibility index (Phi) is 3.69. The third kappa shape index (κ3) is 2.68. The van der Waals surface area contributed by atoms with Crippen LogP contribution in [-0.4, -0.2) is 76.7 Å². The molecule has 106 valence electrons. The van der Waals surface area contributed by atoms with Crippen LogP contribution in [0.15, 0.2) is 0 Å². The van der Waals surface area contributed by atoms with Crippen LogP contribution in [0.25, 0.3) is 0 Å². The average Bonchev–Trinajstić information content (AvgIpc) is 2.24. The Labute approximate surface area is 107 Å². The number of rotatable bonds is 2. The van der Waals surface area contributed by atoms with Crippen LogP contribution >= 0.6 is 0 Å². The first-order chi connectivity index (χ1) is 8.21. The van der Waals surface area contributed by atoms with E-state index in [1.807, 2.05) is 0 Å². The highest BCUT2D eigenvalue weighted by Crippen LogP contribution is 2.26. The second-order valence-corrected chi connectivity index (χ2v) is 8.14. The van der Waals surface area contributed by atoms with E-state index in [1.165, 1.54) is 0 Å². The molecule has 0 radical (unpaired) electrons. The van der Waals surface area contributed by atoms with Crippen molar-refractivity contribution in [1.29, 1.82) is 0 Å². The molecule has 2 heterocycles. The first-order valence-electron chi connectivity index (χ1n) is 5.38. The monoisotopic (exact) mass is 300 g/mol. The van der Waals surface area contributed by atoms with Crippen molar-refractivity contribution in [3.63, 3.8) is 0 Å². The lowest BCUT2D eigenvalue weighted by atomic mass is 10.3. The van der Waals surface area contributed by atoms with Gasteiger partial charge >= 0.3 is 0 Å². The van der Waals surface area contributed by atoms with E-state index < -0.39 is 32.5 Å². The SMILES string of the molecule is CS(=O)(=O)N1CCN(S(C)(=O)=O)[C@@H]2OCCO[C@H]21. The van der Waals surface area contributed by atoms with Crippen LogP contribution in [-0.2, 0) is 29.5 Å². The maximum atomic E-state index is 11.6. The highest BCUT2D eigenvalue weighted by atomic mass is 32.2. The molecule has 0 saturated carbocycles. The van der Waals surface area contributed by atoms with E-state index in [2.05, 4.69) is 0 Å². The van der Waals surface area contributed by atoms with Gasteiger partial charge in [-0.25, -0.2) is 16.8 Å². The molecule has 10 heteroatoms. The number of ether oxygens (including phenoxy) is 2. The molecule has 0 amide bonds. The van der Waals surface area contributed by atoms with Crippen molar-refractivity contribution < 1.29 is 26.3 Å². The van der Waals surface area contributed by atoms with Crippen molar-refractivity contribution >= 4 is 20.0 Å². The van der Waals surface area contributed by atoms with Crippen molar-refractivity contribution in [3.05, 3.63) is 0 Å². The lowest BCUT2D eigenvalue weighted by Gasteiger charge is -2.46. The average molecular weight is 300 g/mol. The summed E-state index contributed by atoms with van der Waals surface area (Å²) in [4.78, 5) is 0. The van der Waals surface area contributed by atoms with E-state index in [4.69, 9.17) is 9.47 Å². The summed E-state index contributed by atoms with van der Waals surface area (Å²) in [7, 11) is -6.92. The summed E-state index contributed by atoms with van der Waals surface area (Å²) in [6.07, 6.45) is 0.324. The summed E-state index contributed by atoms with van der Waals surface area (Å²) in [6, 6.07) is 0. The smallest absolute Gasteiger partial charge is 0.213 e. The van der Waals surface area contributed by atoms with Crippen LogP contribution in [0, 0.1) is 0 Å². The van der Waals surface area contributed by atoms with E-state index >= 15 is 0 Å². The van der Waals surface area contributed by atoms with Crippen LogP contribution in [0.5, 0.6) is 0 Å². The molecule has 2 fully saturated rings. The molecule has 0 bridgehead atoms. The molecule has 2 rings (SSSR count). The molecule has 0 aliphatic carbocycles. The molecule has 0 aromatic heterocycles. The lowest BCUT2D eigenvalue weighted by Crippen LogP contribution is -2.65. The van der Waals surface area contributed by atoms with Gasteiger partial charge < -0.3 is 9.47 Å². The second kappa shape index (κ2) is 4.69.